The number of aromatic nitrogens is 4. The molecule has 2 aromatic heterocycles. The van der Waals surface area contributed by atoms with Crippen LogP contribution < -0.4 is 11.2 Å². The van der Waals surface area contributed by atoms with Crippen LogP contribution in [0.5, 0.6) is 0 Å². The Morgan fingerprint density at radius 3 is 2.85 bits per heavy atom. The fourth-order valence-electron chi connectivity index (χ4n) is 2.69. The van der Waals surface area contributed by atoms with Crippen molar-refractivity contribution in [2.45, 2.75) is 44.4 Å². The van der Waals surface area contributed by atoms with E-state index in [0.29, 0.717) is 17.7 Å². The zero-order chi connectivity index (χ0) is 14.3. The molecule has 0 amide bonds. The molecule has 7 heteroatoms. The highest BCUT2D eigenvalue weighted by molar-refractivity contribution is 8.00. The van der Waals surface area contributed by atoms with Gasteiger partial charge in [-0.1, -0.05) is 6.92 Å². The number of H-pyrrole nitrogens is 2. The van der Waals surface area contributed by atoms with Gasteiger partial charge in [-0.05, 0) is 31.9 Å². The van der Waals surface area contributed by atoms with Crippen molar-refractivity contribution in [3.8, 4) is 0 Å². The normalized spacial score (nSPS) is 22.7. The predicted molar refractivity (Wildman–Crippen MR) is 80.3 cm³/mol. The van der Waals surface area contributed by atoms with E-state index in [-0.39, 0.29) is 16.0 Å². The first kappa shape index (κ1) is 13.5. The van der Waals surface area contributed by atoms with Gasteiger partial charge in [0.15, 0.2) is 5.65 Å². The van der Waals surface area contributed by atoms with E-state index in [1.165, 1.54) is 0 Å². The molecule has 0 aromatic carbocycles. The largest absolute Gasteiger partial charge is 0.335 e. The van der Waals surface area contributed by atoms with Crippen LogP contribution in [0, 0.1) is 0 Å². The van der Waals surface area contributed by atoms with Crippen LogP contribution in [0.15, 0.2) is 9.59 Å². The van der Waals surface area contributed by atoms with Gasteiger partial charge in [0, 0.05) is 6.54 Å². The van der Waals surface area contributed by atoms with E-state index in [1.807, 2.05) is 18.7 Å². The van der Waals surface area contributed by atoms with E-state index >= 15 is 0 Å². The molecule has 2 aromatic rings. The van der Waals surface area contributed by atoms with Gasteiger partial charge in [0.2, 0.25) is 0 Å². The summed E-state index contributed by atoms with van der Waals surface area (Å²) in [6.45, 7) is 4.68. The van der Waals surface area contributed by atoms with Gasteiger partial charge in [-0.25, -0.2) is 9.78 Å². The number of thioether (sulfide) groups is 1. The molecular formula is C13H18N4O2S. The highest BCUT2D eigenvalue weighted by Gasteiger charge is 2.35. The average Bonchev–Trinajstić information content (AvgIpc) is 3.02. The lowest BCUT2D eigenvalue weighted by atomic mass is 10.1. The Morgan fingerprint density at radius 1 is 1.40 bits per heavy atom. The topological polar surface area (TPSA) is 83.5 Å². The first-order valence-corrected chi connectivity index (χ1v) is 7.91. The molecule has 0 aliphatic carbocycles. The second-order valence-corrected chi connectivity index (χ2v) is 6.98. The summed E-state index contributed by atoms with van der Waals surface area (Å²) in [5.41, 5.74) is 0.112. The predicted octanol–water partition coefficient (Wildman–Crippen LogP) is 1.57. The van der Waals surface area contributed by atoms with Crippen molar-refractivity contribution in [2.75, 3.05) is 5.75 Å². The molecule has 2 N–H and O–H groups in total. The first-order valence-electron chi connectivity index (χ1n) is 6.92. The molecule has 0 radical (unpaired) electrons. The molecule has 3 heterocycles. The van der Waals surface area contributed by atoms with E-state index in [0.717, 1.165) is 30.8 Å². The highest BCUT2D eigenvalue weighted by Crippen LogP contribution is 2.45. The molecule has 1 aliphatic heterocycles. The Balaban J connectivity index is 2.24. The van der Waals surface area contributed by atoms with Gasteiger partial charge in [-0.3, -0.25) is 14.3 Å². The van der Waals surface area contributed by atoms with Gasteiger partial charge in [0.1, 0.15) is 11.3 Å². The van der Waals surface area contributed by atoms with E-state index in [4.69, 9.17) is 0 Å². The molecule has 1 unspecified atom stereocenters. The van der Waals surface area contributed by atoms with Crippen LogP contribution in [0.3, 0.4) is 0 Å². The standard InChI is InChI=1S/C13H18N4O2S/c1-3-6-17-9-8(10(18)16-12(17)19)14-11(15-9)13(2)5-4-7-20-13/h3-7H2,1-2H3,(H,14,15)(H,16,18,19). The van der Waals surface area contributed by atoms with E-state index in [2.05, 4.69) is 21.9 Å². The maximum absolute atomic E-state index is 11.9. The van der Waals surface area contributed by atoms with Crippen LogP contribution in [-0.4, -0.2) is 25.3 Å². The van der Waals surface area contributed by atoms with Crippen LogP contribution >= 0.6 is 11.8 Å². The lowest BCUT2D eigenvalue weighted by Gasteiger charge is -2.18. The SMILES string of the molecule is CCCn1c(=O)[nH]c(=O)c2[nH]c(C3(C)CCCS3)nc21. The zero-order valence-electron chi connectivity index (χ0n) is 11.7. The van der Waals surface area contributed by atoms with Crippen LogP contribution in [0.4, 0.5) is 0 Å². The molecule has 1 atom stereocenters. The molecule has 20 heavy (non-hydrogen) atoms. The summed E-state index contributed by atoms with van der Waals surface area (Å²) in [6.07, 6.45) is 3.00. The van der Waals surface area contributed by atoms with Crippen LogP contribution in [0.1, 0.15) is 38.9 Å². The number of nitrogens with zero attached hydrogens (tertiary/aromatic N) is 2. The Morgan fingerprint density at radius 2 is 2.20 bits per heavy atom. The lowest BCUT2D eigenvalue weighted by Crippen LogP contribution is -2.30. The summed E-state index contributed by atoms with van der Waals surface area (Å²) in [5, 5.41) is 0. The van der Waals surface area contributed by atoms with Crippen molar-refractivity contribution < 1.29 is 0 Å². The second kappa shape index (κ2) is 4.80. The summed E-state index contributed by atoms with van der Waals surface area (Å²) in [4.78, 5) is 33.9. The van der Waals surface area contributed by atoms with Gasteiger partial charge in [-0.2, -0.15) is 0 Å². The maximum atomic E-state index is 11.9. The third kappa shape index (κ3) is 2.00. The molecule has 0 saturated carbocycles. The van der Waals surface area contributed by atoms with Crippen molar-refractivity contribution in [2.24, 2.45) is 0 Å². The average molecular weight is 294 g/mol. The van der Waals surface area contributed by atoms with Crippen molar-refractivity contribution in [1.29, 1.82) is 0 Å². The van der Waals surface area contributed by atoms with Gasteiger partial charge >= 0.3 is 5.69 Å². The summed E-state index contributed by atoms with van der Waals surface area (Å²) in [7, 11) is 0. The van der Waals surface area contributed by atoms with Crippen molar-refractivity contribution in [3.63, 3.8) is 0 Å². The third-order valence-corrected chi connectivity index (χ3v) is 5.33. The fraction of sp³-hybridized carbons (Fsp3) is 0.615. The number of aromatic amines is 2. The summed E-state index contributed by atoms with van der Waals surface area (Å²) < 4.78 is 1.46. The quantitative estimate of drug-likeness (QED) is 0.900. The monoisotopic (exact) mass is 294 g/mol. The number of nitrogens with one attached hydrogen (secondary N) is 2. The molecule has 1 fully saturated rings. The van der Waals surface area contributed by atoms with E-state index in [9.17, 15) is 9.59 Å². The van der Waals surface area contributed by atoms with E-state index < -0.39 is 0 Å². The van der Waals surface area contributed by atoms with Crippen LogP contribution in [-0.2, 0) is 11.3 Å². The molecule has 0 spiro atoms. The molecule has 6 nitrogen and oxygen atoms in total. The number of fused-ring (bicyclic) bond motifs is 1. The Bertz CT molecular complexity index is 752. The number of rotatable bonds is 3. The number of hydrogen-bond donors (Lipinski definition) is 2. The summed E-state index contributed by atoms with van der Waals surface area (Å²) >= 11 is 1.85. The molecule has 1 aliphatic rings. The molecule has 108 valence electrons. The van der Waals surface area contributed by atoms with Gasteiger partial charge in [-0.15, -0.1) is 11.8 Å². The zero-order valence-corrected chi connectivity index (χ0v) is 12.5. The minimum Gasteiger partial charge on any atom is -0.335 e. The number of aryl methyl sites for hydroxylation is 1. The van der Waals surface area contributed by atoms with Gasteiger partial charge in [0.25, 0.3) is 5.56 Å². The Hall–Kier alpha value is -1.50. The number of imidazole rings is 1. The summed E-state index contributed by atoms with van der Waals surface area (Å²) in [6, 6.07) is 0. The molecule has 3 rings (SSSR count). The van der Waals surface area contributed by atoms with Crippen molar-refractivity contribution in [3.05, 3.63) is 26.7 Å². The van der Waals surface area contributed by atoms with Crippen molar-refractivity contribution >= 4 is 22.9 Å². The fourth-order valence-corrected chi connectivity index (χ4v) is 3.95. The Labute approximate surface area is 120 Å². The molecular weight excluding hydrogens is 276 g/mol. The third-order valence-electron chi connectivity index (χ3n) is 3.80. The minimum atomic E-state index is -0.386. The molecule has 0 bridgehead atoms. The van der Waals surface area contributed by atoms with Gasteiger partial charge < -0.3 is 4.98 Å². The van der Waals surface area contributed by atoms with Crippen LogP contribution in [0.2, 0.25) is 0 Å². The molecule has 1 saturated heterocycles. The highest BCUT2D eigenvalue weighted by atomic mass is 32.2. The number of hydrogen-bond acceptors (Lipinski definition) is 4. The van der Waals surface area contributed by atoms with Gasteiger partial charge in [0.05, 0.1) is 4.75 Å². The second-order valence-electron chi connectivity index (χ2n) is 5.38. The smallest absolute Gasteiger partial charge is 0.330 e. The first-order chi connectivity index (χ1) is 9.55. The lowest BCUT2D eigenvalue weighted by molar-refractivity contribution is 0.610. The minimum absolute atomic E-state index is 0.0848. The maximum Gasteiger partial charge on any atom is 0.330 e. The van der Waals surface area contributed by atoms with Crippen LogP contribution in [0.25, 0.3) is 11.2 Å². The van der Waals surface area contributed by atoms with Crippen molar-refractivity contribution in [1.82, 2.24) is 19.5 Å². The Kier molecular flexibility index (Phi) is 3.24. The summed E-state index contributed by atoms with van der Waals surface area (Å²) in [5.74, 6) is 1.90. The van der Waals surface area contributed by atoms with E-state index in [1.54, 1.807) is 4.57 Å².